The monoisotopic (exact) mass is 380 g/mol. The molecule has 5 nitrogen and oxygen atoms in total. The number of hydrogen-bond donors (Lipinski definition) is 1. The van der Waals surface area contributed by atoms with E-state index in [-0.39, 0.29) is 18.5 Å². The van der Waals surface area contributed by atoms with Gasteiger partial charge in [0.2, 0.25) is 0 Å². The fraction of sp³-hybridized carbons (Fsp3) is 0.391. The Balaban J connectivity index is 1.48. The normalized spacial score (nSPS) is 15.0. The SMILES string of the molecule is Cc1ccc(CCCC(=O)OCCN2C(=O)C(C)(C)Nc3ccccc32)cc1. The van der Waals surface area contributed by atoms with Crippen molar-refractivity contribution in [3.05, 3.63) is 59.7 Å². The second-order valence-electron chi connectivity index (χ2n) is 7.78. The zero-order valence-electron chi connectivity index (χ0n) is 16.8. The number of aryl methyl sites for hydroxylation is 2. The first-order valence-electron chi connectivity index (χ1n) is 9.77. The second kappa shape index (κ2) is 8.46. The summed E-state index contributed by atoms with van der Waals surface area (Å²) >= 11 is 0. The van der Waals surface area contributed by atoms with E-state index in [4.69, 9.17) is 4.74 Å². The summed E-state index contributed by atoms with van der Waals surface area (Å²) in [4.78, 5) is 26.5. The van der Waals surface area contributed by atoms with Gasteiger partial charge in [0.1, 0.15) is 12.1 Å². The summed E-state index contributed by atoms with van der Waals surface area (Å²) in [5.74, 6) is -0.246. The van der Waals surface area contributed by atoms with E-state index in [2.05, 4.69) is 36.5 Å². The molecule has 5 heteroatoms. The molecule has 0 radical (unpaired) electrons. The molecule has 148 valence electrons. The molecule has 1 aliphatic heterocycles. The number of nitrogens with zero attached hydrogens (tertiary/aromatic N) is 1. The molecule has 0 saturated heterocycles. The lowest BCUT2D eigenvalue weighted by atomic mass is 9.98. The smallest absolute Gasteiger partial charge is 0.305 e. The van der Waals surface area contributed by atoms with Crippen molar-refractivity contribution in [1.82, 2.24) is 0 Å². The molecule has 1 N–H and O–H groups in total. The van der Waals surface area contributed by atoms with E-state index in [0.717, 1.165) is 24.2 Å². The van der Waals surface area contributed by atoms with Crippen molar-refractivity contribution < 1.29 is 14.3 Å². The number of ether oxygens (including phenoxy) is 1. The third-order valence-corrected chi connectivity index (χ3v) is 4.97. The van der Waals surface area contributed by atoms with Gasteiger partial charge in [0.05, 0.1) is 17.9 Å². The summed E-state index contributed by atoms with van der Waals surface area (Å²) in [5, 5.41) is 3.26. The van der Waals surface area contributed by atoms with Crippen LogP contribution in [0.2, 0.25) is 0 Å². The summed E-state index contributed by atoms with van der Waals surface area (Å²) in [5.41, 5.74) is 3.50. The predicted molar refractivity (Wildman–Crippen MR) is 112 cm³/mol. The first kappa shape index (κ1) is 19.9. The van der Waals surface area contributed by atoms with Crippen LogP contribution < -0.4 is 10.2 Å². The van der Waals surface area contributed by atoms with Gasteiger partial charge in [-0.3, -0.25) is 9.59 Å². The Morgan fingerprint density at radius 2 is 1.82 bits per heavy atom. The van der Waals surface area contributed by atoms with Crippen molar-refractivity contribution in [2.45, 2.75) is 45.6 Å². The van der Waals surface area contributed by atoms with Crippen molar-refractivity contribution >= 4 is 23.3 Å². The lowest BCUT2D eigenvalue weighted by Crippen LogP contribution is -2.54. The summed E-state index contributed by atoms with van der Waals surface area (Å²) in [6.07, 6.45) is 1.99. The zero-order chi connectivity index (χ0) is 20.1. The van der Waals surface area contributed by atoms with Crippen molar-refractivity contribution in [3.63, 3.8) is 0 Å². The lowest BCUT2D eigenvalue weighted by Gasteiger charge is -2.39. The third kappa shape index (κ3) is 4.71. The predicted octanol–water partition coefficient (Wildman–Crippen LogP) is 4.10. The number of amides is 1. The highest BCUT2D eigenvalue weighted by Crippen LogP contribution is 2.34. The van der Waals surface area contributed by atoms with Crippen LogP contribution in [0.4, 0.5) is 11.4 Å². The van der Waals surface area contributed by atoms with Gasteiger partial charge in [0, 0.05) is 6.42 Å². The van der Waals surface area contributed by atoms with Crippen LogP contribution in [0.5, 0.6) is 0 Å². The molecule has 1 amide bonds. The highest BCUT2D eigenvalue weighted by atomic mass is 16.5. The Morgan fingerprint density at radius 1 is 1.11 bits per heavy atom. The molecule has 0 atom stereocenters. The average Bonchev–Trinajstić information content (AvgIpc) is 2.66. The van der Waals surface area contributed by atoms with Crippen LogP contribution in [-0.2, 0) is 20.7 Å². The number of benzene rings is 2. The molecule has 1 aliphatic rings. The van der Waals surface area contributed by atoms with Gasteiger partial charge in [0.25, 0.3) is 5.91 Å². The van der Waals surface area contributed by atoms with E-state index < -0.39 is 5.54 Å². The van der Waals surface area contributed by atoms with E-state index in [1.165, 1.54) is 11.1 Å². The van der Waals surface area contributed by atoms with Gasteiger partial charge in [-0.25, -0.2) is 0 Å². The Hall–Kier alpha value is -2.82. The van der Waals surface area contributed by atoms with Crippen LogP contribution in [-0.4, -0.2) is 30.6 Å². The van der Waals surface area contributed by atoms with Crippen molar-refractivity contribution in [1.29, 1.82) is 0 Å². The zero-order valence-corrected chi connectivity index (χ0v) is 16.8. The fourth-order valence-corrected chi connectivity index (χ4v) is 3.39. The number of carbonyl (C=O) groups is 2. The fourth-order valence-electron chi connectivity index (χ4n) is 3.39. The Kier molecular flexibility index (Phi) is 6.02. The number of anilines is 2. The summed E-state index contributed by atoms with van der Waals surface area (Å²) < 4.78 is 5.38. The number of nitrogens with one attached hydrogen (secondary N) is 1. The van der Waals surface area contributed by atoms with Crippen LogP contribution in [0.15, 0.2) is 48.5 Å². The first-order valence-corrected chi connectivity index (χ1v) is 9.77. The largest absolute Gasteiger partial charge is 0.464 e. The summed E-state index contributed by atoms with van der Waals surface area (Å²) in [6.45, 7) is 6.32. The lowest BCUT2D eigenvalue weighted by molar-refractivity contribution is -0.143. The molecule has 0 fully saturated rings. The number of esters is 1. The molecule has 2 aromatic carbocycles. The summed E-state index contributed by atoms with van der Waals surface area (Å²) in [7, 11) is 0. The number of rotatable bonds is 7. The molecule has 2 aromatic rings. The molecular formula is C23H28N2O3. The van der Waals surface area contributed by atoms with E-state index >= 15 is 0 Å². The van der Waals surface area contributed by atoms with Gasteiger partial charge in [-0.2, -0.15) is 0 Å². The Morgan fingerprint density at radius 3 is 2.57 bits per heavy atom. The topological polar surface area (TPSA) is 58.6 Å². The summed E-state index contributed by atoms with van der Waals surface area (Å²) in [6, 6.07) is 16.0. The van der Waals surface area contributed by atoms with Crippen molar-refractivity contribution in [2.75, 3.05) is 23.4 Å². The van der Waals surface area contributed by atoms with Gasteiger partial charge in [-0.1, -0.05) is 42.0 Å². The number of para-hydroxylation sites is 2. The van der Waals surface area contributed by atoms with Crippen molar-refractivity contribution in [2.24, 2.45) is 0 Å². The Bertz CT molecular complexity index is 843. The quantitative estimate of drug-likeness (QED) is 0.735. The molecule has 0 unspecified atom stereocenters. The van der Waals surface area contributed by atoms with E-state index in [1.54, 1.807) is 4.90 Å². The van der Waals surface area contributed by atoms with E-state index in [1.807, 2.05) is 38.1 Å². The highest BCUT2D eigenvalue weighted by Gasteiger charge is 2.38. The molecule has 3 rings (SSSR count). The van der Waals surface area contributed by atoms with Gasteiger partial charge in [-0.15, -0.1) is 0 Å². The minimum atomic E-state index is -0.688. The molecule has 0 aliphatic carbocycles. The average molecular weight is 380 g/mol. The minimum Gasteiger partial charge on any atom is -0.464 e. The second-order valence-corrected chi connectivity index (χ2v) is 7.78. The van der Waals surface area contributed by atoms with Gasteiger partial charge in [-0.05, 0) is 51.3 Å². The van der Waals surface area contributed by atoms with Crippen LogP contribution >= 0.6 is 0 Å². The number of fused-ring (bicyclic) bond motifs is 1. The molecule has 0 spiro atoms. The molecule has 28 heavy (non-hydrogen) atoms. The minimum absolute atomic E-state index is 0.0263. The highest BCUT2D eigenvalue weighted by molar-refractivity contribution is 6.07. The number of hydrogen-bond acceptors (Lipinski definition) is 4. The number of carbonyl (C=O) groups excluding carboxylic acids is 2. The van der Waals surface area contributed by atoms with Crippen LogP contribution in [0.25, 0.3) is 0 Å². The molecule has 0 saturated carbocycles. The van der Waals surface area contributed by atoms with E-state index in [9.17, 15) is 9.59 Å². The standard InChI is InChI=1S/C23H28N2O3/c1-17-11-13-18(14-12-17)7-6-10-21(26)28-16-15-25-20-9-5-4-8-19(20)24-23(2,3)22(25)27/h4-5,8-9,11-14,24H,6-7,10,15-16H2,1-3H3. The maximum atomic E-state index is 12.8. The van der Waals surface area contributed by atoms with E-state index in [0.29, 0.717) is 13.0 Å². The van der Waals surface area contributed by atoms with Crippen LogP contribution in [0.3, 0.4) is 0 Å². The van der Waals surface area contributed by atoms with Crippen LogP contribution in [0, 0.1) is 6.92 Å². The maximum absolute atomic E-state index is 12.8. The maximum Gasteiger partial charge on any atom is 0.305 e. The molecular weight excluding hydrogens is 352 g/mol. The Labute approximate surface area is 166 Å². The van der Waals surface area contributed by atoms with Crippen LogP contribution in [0.1, 0.15) is 37.8 Å². The molecule has 1 heterocycles. The first-order chi connectivity index (χ1) is 13.4. The van der Waals surface area contributed by atoms with Gasteiger partial charge in [0.15, 0.2) is 0 Å². The third-order valence-electron chi connectivity index (χ3n) is 4.97. The molecule has 0 aromatic heterocycles. The van der Waals surface area contributed by atoms with Crippen molar-refractivity contribution in [3.8, 4) is 0 Å². The van der Waals surface area contributed by atoms with Gasteiger partial charge >= 0.3 is 5.97 Å². The van der Waals surface area contributed by atoms with Gasteiger partial charge < -0.3 is 15.0 Å². The molecule has 0 bridgehead atoms.